The van der Waals surface area contributed by atoms with Crippen molar-refractivity contribution < 1.29 is 4.79 Å². The molecule has 0 saturated carbocycles. The van der Waals surface area contributed by atoms with E-state index in [2.05, 4.69) is 41.6 Å². The van der Waals surface area contributed by atoms with Gasteiger partial charge in [-0.2, -0.15) is 5.10 Å². The van der Waals surface area contributed by atoms with Crippen molar-refractivity contribution in [2.75, 3.05) is 43.4 Å². The molecule has 0 aliphatic carbocycles. The second-order valence-corrected chi connectivity index (χ2v) is 8.14. The molecule has 30 heavy (non-hydrogen) atoms. The molecule has 0 aromatic carbocycles. The van der Waals surface area contributed by atoms with Gasteiger partial charge in [-0.1, -0.05) is 0 Å². The number of carbonyl (C=O) groups excluding carboxylic acids is 1. The number of piperazine rings is 1. The first-order chi connectivity index (χ1) is 14.5. The lowest BCUT2D eigenvalue weighted by molar-refractivity contribution is 0.0958. The lowest BCUT2D eigenvalue weighted by atomic mass is 10.2. The first-order valence-electron chi connectivity index (χ1n) is 9.90. The maximum atomic E-state index is 11.8. The van der Waals surface area contributed by atoms with E-state index in [0.29, 0.717) is 5.69 Å². The molecule has 0 atom stereocenters. The van der Waals surface area contributed by atoms with E-state index in [0.717, 1.165) is 60.7 Å². The van der Waals surface area contributed by atoms with Crippen LogP contribution in [0.2, 0.25) is 0 Å². The molecule has 1 fully saturated rings. The van der Waals surface area contributed by atoms with Crippen LogP contribution in [0.3, 0.4) is 0 Å². The number of carbonyl (C=O) groups is 1. The van der Waals surface area contributed by atoms with Crippen molar-refractivity contribution >= 4 is 33.9 Å². The molecular formula is C20H26N8OS. The second-order valence-electron chi connectivity index (χ2n) is 7.25. The fourth-order valence-corrected chi connectivity index (χ4v) is 4.16. The van der Waals surface area contributed by atoms with E-state index in [9.17, 15) is 4.79 Å². The first kappa shape index (κ1) is 20.3. The van der Waals surface area contributed by atoms with Crippen molar-refractivity contribution in [2.24, 2.45) is 7.05 Å². The van der Waals surface area contributed by atoms with Crippen LogP contribution in [0.25, 0.3) is 0 Å². The normalized spacial score (nSPS) is 14.7. The zero-order valence-electron chi connectivity index (χ0n) is 17.4. The summed E-state index contributed by atoms with van der Waals surface area (Å²) < 4.78 is 1.92. The van der Waals surface area contributed by atoms with Crippen LogP contribution in [0.1, 0.15) is 21.9 Å². The number of aryl methyl sites for hydroxylation is 2. The third-order valence-corrected chi connectivity index (χ3v) is 5.95. The van der Waals surface area contributed by atoms with Crippen LogP contribution in [0.4, 0.5) is 16.6 Å². The van der Waals surface area contributed by atoms with Gasteiger partial charge in [-0.25, -0.2) is 9.97 Å². The quantitative estimate of drug-likeness (QED) is 0.623. The van der Waals surface area contributed by atoms with Crippen molar-refractivity contribution in [2.45, 2.75) is 13.5 Å². The highest BCUT2D eigenvalue weighted by atomic mass is 32.1. The van der Waals surface area contributed by atoms with Gasteiger partial charge in [0.05, 0.1) is 17.1 Å². The minimum absolute atomic E-state index is 0.158. The van der Waals surface area contributed by atoms with Gasteiger partial charge < -0.3 is 15.5 Å². The zero-order chi connectivity index (χ0) is 21.1. The highest BCUT2D eigenvalue weighted by Crippen LogP contribution is 2.22. The predicted molar refractivity (Wildman–Crippen MR) is 118 cm³/mol. The molecule has 0 unspecified atom stereocenters. The summed E-state index contributed by atoms with van der Waals surface area (Å²) in [7, 11) is 3.59. The summed E-state index contributed by atoms with van der Waals surface area (Å²) in [6.45, 7) is 6.56. The molecule has 1 aliphatic rings. The third-order valence-electron chi connectivity index (χ3n) is 5.26. The van der Waals surface area contributed by atoms with E-state index in [4.69, 9.17) is 0 Å². The Morgan fingerprint density at radius 1 is 1.23 bits per heavy atom. The van der Waals surface area contributed by atoms with E-state index in [1.807, 2.05) is 30.1 Å². The predicted octanol–water partition coefficient (Wildman–Crippen LogP) is 2.01. The summed E-state index contributed by atoms with van der Waals surface area (Å²) in [5.74, 6) is 0.661. The zero-order valence-corrected chi connectivity index (χ0v) is 18.2. The van der Waals surface area contributed by atoms with Gasteiger partial charge in [0.2, 0.25) is 0 Å². The SMILES string of the molecule is CNC(=O)c1ccc(N2CCN(Cc3cc(Nc4nccs4)nn3C)CC2)c(C)n1. The van der Waals surface area contributed by atoms with Gasteiger partial charge in [-0.05, 0) is 19.1 Å². The van der Waals surface area contributed by atoms with Crippen molar-refractivity contribution in [1.29, 1.82) is 0 Å². The Hall–Kier alpha value is -2.98. The topological polar surface area (TPSA) is 91.2 Å². The Labute approximate surface area is 179 Å². The molecule has 3 aromatic rings. The number of aromatic nitrogens is 4. The van der Waals surface area contributed by atoms with Crippen LogP contribution in [0.15, 0.2) is 29.8 Å². The molecule has 0 bridgehead atoms. The van der Waals surface area contributed by atoms with Gasteiger partial charge in [-0.15, -0.1) is 11.3 Å². The Morgan fingerprint density at radius 2 is 2.03 bits per heavy atom. The Kier molecular flexibility index (Phi) is 5.96. The highest BCUT2D eigenvalue weighted by Gasteiger charge is 2.21. The molecule has 1 aliphatic heterocycles. The largest absolute Gasteiger partial charge is 0.368 e. The van der Waals surface area contributed by atoms with Gasteiger partial charge in [0.1, 0.15) is 5.69 Å². The maximum absolute atomic E-state index is 11.8. The summed E-state index contributed by atoms with van der Waals surface area (Å²) in [5.41, 5.74) is 3.60. The highest BCUT2D eigenvalue weighted by molar-refractivity contribution is 7.13. The van der Waals surface area contributed by atoms with Crippen molar-refractivity contribution in [3.63, 3.8) is 0 Å². The molecule has 0 radical (unpaired) electrons. The summed E-state index contributed by atoms with van der Waals surface area (Å²) in [6.07, 6.45) is 1.78. The molecule has 1 amide bonds. The fraction of sp³-hybridized carbons (Fsp3) is 0.400. The van der Waals surface area contributed by atoms with Crippen molar-refractivity contribution in [1.82, 2.24) is 30.0 Å². The molecule has 0 spiro atoms. The molecule has 2 N–H and O–H groups in total. The number of rotatable bonds is 6. The number of amides is 1. The Balaban J connectivity index is 1.35. The smallest absolute Gasteiger partial charge is 0.269 e. The van der Waals surface area contributed by atoms with Gasteiger partial charge in [-0.3, -0.25) is 14.4 Å². The number of hydrogen-bond donors (Lipinski definition) is 2. The number of pyridine rings is 1. The number of hydrogen-bond acceptors (Lipinski definition) is 8. The van der Waals surface area contributed by atoms with Crippen LogP contribution in [0.5, 0.6) is 0 Å². The molecule has 9 nitrogen and oxygen atoms in total. The average molecular weight is 427 g/mol. The van der Waals surface area contributed by atoms with Crippen molar-refractivity contribution in [3.05, 3.63) is 46.9 Å². The molecule has 3 aromatic heterocycles. The Morgan fingerprint density at radius 3 is 2.70 bits per heavy atom. The maximum Gasteiger partial charge on any atom is 0.269 e. The van der Waals surface area contributed by atoms with Gasteiger partial charge in [0.15, 0.2) is 10.9 Å². The monoisotopic (exact) mass is 426 g/mol. The minimum atomic E-state index is -0.158. The molecular weight excluding hydrogens is 400 g/mol. The minimum Gasteiger partial charge on any atom is -0.368 e. The van der Waals surface area contributed by atoms with Crippen LogP contribution < -0.4 is 15.5 Å². The lowest BCUT2D eigenvalue weighted by Crippen LogP contribution is -2.46. The number of nitrogens with zero attached hydrogens (tertiary/aromatic N) is 6. The fourth-order valence-electron chi connectivity index (χ4n) is 3.63. The molecule has 4 heterocycles. The number of anilines is 3. The van der Waals surface area contributed by atoms with Crippen LogP contribution in [0, 0.1) is 6.92 Å². The number of nitrogens with one attached hydrogen (secondary N) is 2. The molecule has 158 valence electrons. The van der Waals surface area contributed by atoms with Crippen LogP contribution in [-0.2, 0) is 13.6 Å². The van der Waals surface area contributed by atoms with E-state index >= 15 is 0 Å². The molecule has 10 heteroatoms. The molecule has 4 rings (SSSR count). The molecule has 1 saturated heterocycles. The van der Waals surface area contributed by atoms with Gasteiger partial charge in [0.25, 0.3) is 5.91 Å². The van der Waals surface area contributed by atoms with E-state index in [1.165, 1.54) is 0 Å². The summed E-state index contributed by atoms with van der Waals surface area (Å²) in [5, 5.41) is 13.2. The standard InChI is InChI=1S/C20H26N8OS/c1-14-17(5-4-16(23-14)19(29)21-2)28-9-7-27(8-10-28)13-15-12-18(25-26(15)3)24-20-22-6-11-30-20/h4-6,11-12H,7-10,13H2,1-3H3,(H,21,29)(H,22,24,25). The van der Waals surface area contributed by atoms with Crippen LogP contribution in [-0.4, -0.2) is 63.8 Å². The second kappa shape index (κ2) is 8.80. The van der Waals surface area contributed by atoms with Gasteiger partial charge in [0, 0.05) is 64.5 Å². The lowest BCUT2D eigenvalue weighted by Gasteiger charge is -2.36. The van der Waals surface area contributed by atoms with E-state index < -0.39 is 0 Å². The summed E-state index contributed by atoms with van der Waals surface area (Å²) in [4.78, 5) is 25.3. The van der Waals surface area contributed by atoms with E-state index in [1.54, 1.807) is 30.6 Å². The van der Waals surface area contributed by atoms with Crippen molar-refractivity contribution in [3.8, 4) is 0 Å². The first-order valence-corrected chi connectivity index (χ1v) is 10.8. The summed E-state index contributed by atoms with van der Waals surface area (Å²) >= 11 is 1.56. The summed E-state index contributed by atoms with van der Waals surface area (Å²) in [6, 6.07) is 5.87. The Bertz CT molecular complexity index is 1010. The average Bonchev–Trinajstić information content (AvgIpc) is 3.38. The number of thiazole rings is 1. The third kappa shape index (κ3) is 4.44. The van der Waals surface area contributed by atoms with Crippen LogP contribution >= 0.6 is 11.3 Å². The van der Waals surface area contributed by atoms with Gasteiger partial charge >= 0.3 is 0 Å². The van der Waals surface area contributed by atoms with E-state index in [-0.39, 0.29) is 5.91 Å².